The lowest BCUT2D eigenvalue weighted by Gasteiger charge is -2.36. The van der Waals surface area contributed by atoms with E-state index >= 15 is 0 Å². The molecule has 1 fully saturated rings. The molecule has 0 bridgehead atoms. The highest BCUT2D eigenvalue weighted by Gasteiger charge is 2.23. The van der Waals surface area contributed by atoms with E-state index in [1.54, 1.807) is 0 Å². The number of halogens is 2. The first-order valence-electron chi connectivity index (χ1n) is 10.2. The molecule has 1 aromatic carbocycles. The zero-order chi connectivity index (χ0) is 20.5. The van der Waals surface area contributed by atoms with E-state index in [4.69, 9.17) is 4.74 Å². The van der Waals surface area contributed by atoms with Gasteiger partial charge in [0.25, 0.3) is 6.43 Å². The Hall–Kier alpha value is -2.88. The fourth-order valence-electron chi connectivity index (χ4n) is 4.17. The van der Waals surface area contributed by atoms with Gasteiger partial charge in [-0.2, -0.15) is 0 Å². The molecule has 0 amide bonds. The van der Waals surface area contributed by atoms with Crippen LogP contribution in [-0.4, -0.2) is 68.8 Å². The second kappa shape index (κ2) is 8.10. The molecule has 0 N–H and O–H groups in total. The van der Waals surface area contributed by atoms with Crippen LogP contribution in [0.2, 0.25) is 0 Å². The Bertz CT molecular complexity index is 1030. The zero-order valence-corrected chi connectivity index (χ0v) is 16.5. The fraction of sp³-hybridized carbons (Fsp3) is 0.500. The molecular weight excluding hydrogens is 392 g/mol. The first-order chi connectivity index (χ1) is 14.7. The predicted octanol–water partition coefficient (Wildman–Crippen LogP) is 2.13. The van der Waals surface area contributed by atoms with Crippen molar-refractivity contribution in [3.8, 4) is 5.88 Å². The highest BCUT2D eigenvalue weighted by Crippen LogP contribution is 2.28. The smallest absolute Gasteiger partial charge is 0.272 e. The molecule has 0 atom stereocenters. The van der Waals surface area contributed by atoms with Gasteiger partial charge in [0.1, 0.15) is 18.0 Å². The summed E-state index contributed by atoms with van der Waals surface area (Å²) in [6, 6.07) is 5.82. The van der Waals surface area contributed by atoms with Crippen molar-refractivity contribution in [2.75, 3.05) is 37.7 Å². The van der Waals surface area contributed by atoms with Gasteiger partial charge < -0.3 is 14.2 Å². The summed E-state index contributed by atoms with van der Waals surface area (Å²) >= 11 is 0. The van der Waals surface area contributed by atoms with Crippen LogP contribution in [0.1, 0.15) is 18.1 Å². The molecule has 5 rings (SSSR count). The predicted molar refractivity (Wildman–Crippen MR) is 107 cm³/mol. The molecule has 0 unspecified atom stereocenters. The topological polar surface area (TPSA) is 72.2 Å². The van der Waals surface area contributed by atoms with Crippen LogP contribution in [0.3, 0.4) is 0 Å². The van der Waals surface area contributed by atoms with Crippen molar-refractivity contribution in [3.05, 3.63) is 36.2 Å². The van der Waals surface area contributed by atoms with Crippen molar-refractivity contribution in [2.24, 2.45) is 0 Å². The molecule has 0 spiro atoms. The molecule has 30 heavy (non-hydrogen) atoms. The number of ether oxygens (including phenoxy) is 1. The van der Waals surface area contributed by atoms with Gasteiger partial charge in [-0.15, -0.1) is 10.2 Å². The minimum absolute atomic E-state index is 0.196. The van der Waals surface area contributed by atoms with Gasteiger partial charge in [0.05, 0.1) is 17.4 Å². The monoisotopic (exact) mass is 415 g/mol. The van der Waals surface area contributed by atoms with Crippen LogP contribution in [0.4, 0.5) is 14.5 Å². The maximum absolute atomic E-state index is 12.5. The van der Waals surface area contributed by atoms with E-state index in [9.17, 15) is 8.78 Å². The Kier molecular flexibility index (Phi) is 5.16. The van der Waals surface area contributed by atoms with Gasteiger partial charge in [-0.1, -0.05) is 0 Å². The van der Waals surface area contributed by atoms with E-state index in [0.29, 0.717) is 10.9 Å². The van der Waals surface area contributed by atoms with Crippen LogP contribution in [0.25, 0.3) is 10.9 Å². The quantitative estimate of drug-likeness (QED) is 0.611. The standard InChI is InChI=1S/C20H23F2N7O/c21-17(22)12-30-20-15-10-14(3-4-16(15)23-13-24-20)28-8-6-27(7-9-28)11-19-26-25-18-2-1-5-29(18)19/h3-4,10,13,17H,1-2,5-9,11-12H2. The Morgan fingerprint density at radius 1 is 1.03 bits per heavy atom. The number of rotatable bonds is 6. The van der Waals surface area contributed by atoms with Gasteiger partial charge in [-0.25, -0.2) is 18.7 Å². The van der Waals surface area contributed by atoms with Crippen molar-refractivity contribution >= 4 is 16.6 Å². The highest BCUT2D eigenvalue weighted by atomic mass is 19.3. The molecule has 158 valence electrons. The molecule has 1 saturated heterocycles. The highest BCUT2D eigenvalue weighted by molar-refractivity contribution is 5.86. The maximum atomic E-state index is 12.5. The number of aryl methyl sites for hydroxylation is 1. The summed E-state index contributed by atoms with van der Waals surface area (Å²) in [7, 11) is 0. The van der Waals surface area contributed by atoms with E-state index < -0.39 is 13.0 Å². The number of piperazine rings is 1. The third-order valence-corrected chi connectivity index (χ3v) is 5.72. The number of hydrogen-bond acceptors (Lipinski definition) is 7. The van der Waals surface area contributed by atoms with Gasteiger partial charge in [0.15, 0.2) is 6.61 Å². The lowest BCUT2D eigenvalue weighted by atomic mass is 10.2. The molecular formula is C20H23F2N7O. The Morgan fingerprint density at radius 2 is 1.90 bits per heavy atom. The number of aromatic nitrogens is 5. The molecule has 2 aliphatic heterocycles. The van der Waals surface area contributed by atoms with Gasteiger partial charge in [0, 0.05) is 44.8 Å². The summed E-state index contributed by atoms with van der Waals surface area (Å²) < 4.78 is 32.5. The average molecular weight is 415 g/mol. The number of anilines is 1. The number of benzene rings is 1. The molecule has 0 saturated carbocycles. The van der Waals surface area contributed by atoms with Crippen LogP contribution >= 0.6 is 0 Å². The molecule has 10 heteroatoms. The largest absolute Gasteiger partial charge is 0.471 e. The van der Waals surface area contributed by atoms with E-state index in [2.05, 4.69) is 34.5 Å². The summed E-state index contributed by atoms with van der Waals surface area (Å²) in [4.78, 5) is 12.9. The SMILES string of the molecule is FC(F)COc1ncnc2ccc(N3CCN(Cc4nnc5n4CCC5)CC3)cc12. The van der Waals surface area contributed by atoms with Crippen molar-refractivity contribution in [1.29, 1.82) is 0 Å². The van der Waals surface area contributed by atoms with Crippen molar-refractivity contribution in [2.45, 2.75) is 32.4 Å². The van der Waals surface area contributed by atoms with E-state index in [1.165, 1.54) is 6.33 Å². The van der Waals surface area contributed by atoms with Crippen LogP contribution in [0.15, 0.2) is 24.5 Å². The lowest BCUT2D eigenvalue weighted by molar-refractivity contribution is 0.0804. The van der Waals surface area contributed by atoms with Crippen LogP contribution in [0.5, 0.6) is 5.88 Å². The van der Waals surface area contributed by atoms with Gasteiger partial charge in [-0.3, -0.25) is 4.90 Å². The third-order valence-electron chi connectivity index (χ3n) is 5.72. The maximum Gasteiger partial charge on any atom is 0.272 e. The second-order valence-corrected chi connectivity index (χ2v) is 7.63. The van der Waals surface area contributed by atoms with Gasteiger partial charge in [-0.05, 0) is 24.6 Å². The summed E-state index contributed by atoms with van der Waals surface area (Å²) in [6.45, 7) is 4.73. The molecule has 8 nitrogen and oxygen atoms in total. The molecule has 3 aromatic rings. The van der Waals surface area contributed by atoms with Crippen LogP contribution in [0, 0.1) is 0 Å². The minimum atomic E-state index is -2.54. The molecule has 2 aromatic heterocycles. The second-order valence-electron chi connectivity index (χ2n) is 7.63. The Morgan fingerprint density at radius 3 is 2.73 bits per heavy atom. The van der Waals surface area contributed by atoms with Gasteiger partial charge in [0.2, 0.25) is 5.88 Å². The number of fused-ring (bicyclic) bond motifs is 2. The molecule has 2 aliphatic rings. The van der Waals surface area contributed by atoms with Crippen molar-refractivity contribution in [3.63, 3.8) is 0 Å². The number of alkyl halides is 2. The third kappa shape index (κ3) is 3.79. The van der Waals surface area contributed by atoms with Crippen molar-refractivity contribution < 1.29 is 13.5 Å². The van der Waals surface area contributed by atoms with Crippen LogP contribution < -0.4 is 9.64 Å². The minimum Gasteiger partial charge on any atom is -0.471 e. The first kappa shape index (κ1) is 19.1. The van der Waals surface area contributed by atoms with Crippen LogP contribution in [-0.2, 0) is 19.5 Å². The van der Waals surface area contributed by atoms with Gasteiger partial charge >= 0.3 is 0 Å². The normalized spacial score (nSPS) is 17.1. The fourth-order valence-corrected chi connectivity index (χ4v) is 4.17. The summed E-state index contributed by atoms with van der Waals surface area (Å²) in [6.07, 6.45) is 0.969. The van der Waals surface area contributed by atoms with E-state index in [1.807, 2.05) is 18.2 Å². The first-order valence-corrected chi connectivity index (χ1v) is 10.2. The molecule has 0 radical (unpaired) electrons. The summed E-state index contributed by atoms with van der Waals surface area (Å²) in [5, 5.41) is 9.30. The lowest BCUT2D eigenvalue weighted by Crippen LogP contribution is -2.46. The number of nitrogens with zero attached hydrogens (tertiary/aromatic N) is 7. The summed E-state index contributed by atoms with van der Waals surface area (Å²) in [5.41, 5.74) is 1.69. The van der Waals surface area contributed by atoms with E-state index in [0.717, 1.165) is 69.4 Å². The molecule has 4 heterocycles. The summed E-state index contributed by atoms with van der Waals surface area (Å²) in [5.74, 6) is 2.35. The average Bonchev–Trinajstić information content (AvgIpc) is 3.37. The van der Waals surface area contributed by atoms with Crippen molar-refractivity contribution in [1.82, 2.24) is 29.6 Å². The Balaban J connectivity index is 1.26. The zero-order valence-electron chi connectivity index (χ0n) is 16.5. The molecule has 0 aliphatic carbocycles. The van der Waals surface area contributed by atoms with E-state index in [-0.39, 0.29) is 5.88 Å². The Labute approximate surface area is 172 Å². The number of hydrogen-bond donors (Lipinski definition) is 0.